The molecule has 0 aromatic rings. The summed E-state index contributed by atoms with van der Waals surface area (Å²) in [4.78, 5) is 0. The van der Waals surface area contributed by atoms with Crippen LogP contribution in [0.2, 0.25) is 0 Å². The van der Waals surface area contributed by atoms with Crippen molar-refractivity contribution in [1.29, 1.82) is 0 Å². The van der Waals surface area contributed by atoms with Crippen LogP contribution in [0, 0.1) is 11.3 Å². The number of rotatable bonds is 9. The third-order valence-corrected chi connectivity index (χ3v) is 4.46. The Bertz CT molecular complexity index is 197. The van der Waals surface area contributed by atoms with Gasteiger partial charge in [-0.25, -0.2) is 0 Å². The van der Waals surface area contributed by atoms with Crippen LogP contribution in [-0.4, -0.2) is 26.4 Å². The molecule has 0 aromatic carbocycles. The zero-order valence-electron chi connectivity index (χ0n) is 12.7. The Balaban J connectivity index is 2.24. The Morgan fingerprint density at radius 3 is 2.67 bits per heavy atom. The van der Waals surface area contributed by atoms with Gasteiger partial charge in [0.2, 0.25) is 0 Å². The van der Waals surface area contributed by atoms with Crippen molar-refractivity contribution in [3.8, 4) is 0 Å². The summed E-state index contributed by atoms with van der Waals surface area (Å²) >= 11 is 0. The number of hydrogen-bond acceptors (Lipinski definition) is 2. The lowest BCUT2D eigenvalue weighted by molar-refractivity contribution is -0.0669. The Hall–Kier alpha value is -0.0800. The van der Waals surface area contributed by atoms with Crippen LogP contribution in [0.5, 0.6) is 0 Å². The zero-order valence-corrected chi connectivity index (χ0v) is 12.7. The number of unbranched alkanes of at least 4 members (excludes halogenated alkanes) is 1. The first-order chi connectivity index (χ1) is 8.76. The second-order valence-electron chi connectivity index (χ2n) is 5.94. The molecule has 1 aliphatic rings. The minimum atomic E-state index is 0.307. The summed E-state index contributed by atoms with van der Waals surface area (Å²) in [6, 6.07) is 0. The van der Waals surface area contributed by atoms with E-state index in [0.717, 1.165) is 32.3 Å². The quantitative estimate of drug-likeness (QED) is 0.607. The van der Waals surface area contributed by atoms with Crippen molar-refractivity contribution in [3.05, 3.63) is 0 Å². The summed E-state index contributed by atoms with van der Waals surface area (Å²) in [5.74, 6) is 0.753. The van der Waals surface area contributed by atoms with Gasteiger partial charge in [-0.3, -0.25) is 0 Å². The molecule has 1 heterocycles. The molecular weight excluding hydrogens is 224 g/mol. The van der Waals surface area contributed by atoms with Crippen LogP contribution in [0.1, 0.15) is 65.7 Å². The van der Waals surface area contributed by atoms with E-state index in [9.17, 15) is 0 Å². The fourth-order valence-corrected chi connectivity index (χ4v) is 2.75. The van der Waals surface area contributed by atoms with Gasteiger partial charge in [-0.05, 0) is 31.6 Å². The third kappa shape index (κ3) is 5.27. The van der Waals surface area contributed by atoms with Gasteiger partial charge < -0.3 is 9.47 Å². The van der Waals surface area contributed by atoms with Crippen molar-refractivity contribution in [1.82, 2.24) is 0 Å². The molecular formula is C16H32O2. The molecule has 1 saturated heterocycles. The molecule has 2 atom stereocenters. The van der Waals surface area contributed by atoms with E-state index >= 15 is 0 Å². The van der Waals surface area contributed by atoms with Gasteiger partial charge >= 0.3 is 0 Å². The van der Waals surface area contributed by atoms with Crippen molar-refractivity contribution in [2.75, 3.05) is 26.4 Å². The number of ether oxygens (including phenoxy) is 2. The highest BCUT2D eigenvalue weighted by Gasteiger charge is 2.31. The average Bonchev–Trinajstić information content (AvgIpc) is 2.43. The Labute approximate surface area is 113 Å². The normalized spacial score (nSPS) is 26.2. The molecule has 2 heteroatoms. The van der Waals surface area contributed by atoms with Gasteiger partial charge in [0, 0.05) is 18.6 Å². The van der Waals surface area contributed by atoms with E-state index in [1.54, 1.807) is 0 Å². The van der Waals surface area contributed by atoms with E-state index in [2.05, 4.69) is 20.8 Å². The zero-order chi connectivity index (χ0) is 13.3. The molecule has 18 heavy (non-hydrogen) atoms. The van der Waals surface area contributed by atoms with Gasteiger partial charge in [-0.1, -0.05) is 40.0 Å². The van der Waals surface area contributed by atoms with E-state index in [0.29, 0.717) is 5.41 Å². The first-order valence-electron chi connectivity index (χ1n) is 7.91. The molecule has 1 fully saturated rings. The van der Waals surface area contributed by atoms with Crippen LogP contribution < -0.4 is 0 Å². The molecule has 2 nitrogen and oxygen atoms in total. The summed E-state index contributed by atoms with van der Waals surface area (Å²) < 4.78 is 11.7. The van der Waals surface area contributed by atoms with Gasteiger partial charge in [0.25, 0.3) is 0 Å². The van der Waals surface area contributed by atoms with Crippen molar-refractivity contribution >= 4 is 0 Å². The second-order valence-corrected chi connectivity index (χ2v) is 5.94. The van der Waals surface area contributed by atoms with E-state index < -0.39 is 0 Å². The highest BCUT2D eigenvalue weighted by molar-refractivity contribution is 4.80. The lowest BCUT2D eigenvalue weighted by Crippen LogP contribution is -2.36. The highest BCUT2D eigenvalue weighted by Crippen LogP contribution is 2.32. The Morgan fingerprint density at radius 2 is 2.11 bits per heavy atom. The van der Waals surface area contributed by atoms with Gasteiger partial charge in [0.15, 0.2) is 0 Å². The number of hydrogen-bond donors (Lipinski definition) is 0. The first kappa shape index (κ1) is 16.0. The predicted octanol–water partition coefficient (Wildman–Crippen LogP) is 4.43. The van der Waals surface area contributed by atoms with Crippen LogP contribution in [0.15, 0.2) is 0 Å². The van der Waals surface area contributed by atoms with E-state index in [1.165, 1.54) is 44.9 Å². The molecule has 0 saturated carbocycles. The lowest BCUT2D eigenvalue weighted by atomic mass is 9.81. The molecule has 108 valence electrons. The predicted molar refractivity (Wildman–Crippen MR) is 76.9 cm³/mol. The molecule has 0 N–H and O–H groups in total. The van der Waals surface area contributed by atoms with Crippen LogP contribution in [-0.2, 0) is 9.47 Å². The lowest BCUT2D eigenvalue weighted by Gasteiger charge is -2.36. The van der Waals surface area contributed by atoms with Crippen LogP contribution in [0.25, 0.3) is 0 Å². The average molecular weight is 256 g/mol. The fourth-order valence-electron chi connectivity index (χ4n) is 2.75. The summed E-state index contributed by atoms with van der Waals surface area (Å²) in [5.41, 5.74) is 0.307. The smallest absolute Gasteiger partial charge is 0.0544 e. The Morgan fingerprint density at radius 1 is 1.28 bits per heavy atom. The van der Waals surface area contributed by atoms with Gasteiger partial charge in [-0.2, -0.15) is 0 Å². The van der Waals surface area contributed by atoms with Crippen LogP contribution in [0.3, 0.4) is 0 Å². The van der Waals surface area contributed by atoms with E-state index in [1.807, 2.05) is 0 Å². The molecule has 0 amide bonds. The highest BCUT2D eigenvalue weighted by atomic mass is 16.5. The molecule has 1 aliphatic heterocycles. The van der Waals surface area contributed by atoms with Crippen LogP contribution >= 0.6 is 0 Å². The topological polar surface area (TPSA) is 18.5 Å². The maximum Gasteiger partial charge on any atom is 0.0544 e. The second kappa shape index (κ2) is 8.92. The Kier molecular flexibility index (Phi) is 7.92. The summed E-state index contributed by atoms with van der Waals surface area (Å²) in [5, 5.41) is 0. The fraction of sp³-hybridized carbons (Fsp3) is 1.00. The minimum Gasteiger partial charge on any atom is -0.381 e. The van der Waals surface area contributed by atoms with Crippen LogP contribution in [0.4, 0.5) is 0 Å². The van der Waals surface area contributed by atoms with Gasteiger partial charge in [-0.15, -0.1) is 0 Å². The first-order valence-corrected chi connectivity index (χ1v) is 7.91. The molecule has 0 bridgehead atoms. The largest absolute Gasteiger partial charge is 0.381 e. The monoisotopic (exact) mass is 256 g/mol. The summed E-state index contributed by atoms with van der Waals surface area (Å²) in [6.07, 6.45) is 8.85. The summed E-state index contributed by atoms with van der Waals surface area (Å²) in [6.45, 7) is 10.5. The third-order valence-electron chi connectivity index (χ3n) is 4.46. The molecule has 1 rings (SSSR count). The maximum atomic E-state index is 6.04. The standard InChI is InChI=1S/C16H32O2/c1-4-7-9-15(5-2)12-18-14-16(6-3)10-8-11-17-13-16/h15H,4-14H2,1-3H3. The minimum absolute atomic E-state index is 0.307. The van der Waals surface area contributed by atoms with Crippen molar-refractivity contribution < 1.29 is 9.47 Å². The van der Waals surface area contributed by atoms with Crippen molar-refractivity contribution in [2.24, 2.45) is 11.3 Å². The molecule has 0 aromatic heterocycles. The van der Waals surface area contributed by atoms with Gasteiger partial charge in [0.1, 0.15) is 0 Å². The van der Waals surface area contributed by atoms with E-state index in [4.69, 9.17) is 9.47 Å². The van der Waals surface area contributed by atoms with Crippen molar-refractivity contribution in [2.45, 2.75) is 65.7 Å². The summed E-state index contributed by atoms with van der Waals surface area (Å²) in [7, 11) is 0. The van der Waals surface area contributed by atoms with E-state index in [-0.39, 0.29) is 0 Å². The molecule has 2 unspecified atom stereocenters. The van der Waals surface area contributed by atoms with Gasteiger partial charge in [0.05, 0.1) is 13.2 Å². The maximum absolute atomic E-state index is 6.04. The SMILES string of the molecule is CCCCC(CC)COCC1(CC)CCCOC1. The van der Waals surface area contributed by atoms with Crippen molar-refractivity contribution in [3.63, 3.8) is 0 Å². The molecule has 0 radical (unpaired) electrons. The molecule has 0 spiro atoms. The molecule has 0 aliphatic carbocycles.